The molecule has 2 atom stereocenters. The van der Waals surface area contributed by atoms with Gasteiger partial charge in [-0.2, -0.15) is 5.10 Å². The predicted molar refractivity (Wildman–Crippen MR) is 95.8 cm³/mol. The number of aryl methyl sites for hydroxylation is 1. The first-order valence-electron chi connectivity index (χ1n) is 9.01. The van der Waals surface area contributed by atoms with Gasteiger partial charge in [0.25, 0.3) is 0 Å². The fraction of sp³-hybridized carbons (Fsp3) is 0.524. The summed E-state index contributed by atoms with van der Waals surface area (Å²) in [7, 11) is 2.05. The molecule has 1 saturated carbocycles. The van der Waals surface area contributed by atoms with Crippen LogP contribution in [0.2, 0.25) is 0 Å². The van der Waals surface area contributed by atoms with E-state index < -0.39 is 0 Å². The molecule has 4 rings (SSSR count). The third-order valence-electron chi connectivity index (χ3n) is 6.65. The monoisotopic (exact) mass is 322 g/mol. The molecule has 0 aliphatic heterocycles. The lowest BCUT2D eigenvalue weighted by molar-refractivity contribution is -0.137. The number of aromatic nitrogens is 2. The number of nitrogens with zero attached hydrogens (tertiary/aromatic N) is 2. The first-order chi connectivity index (χ1) is 11.4. The van der Waals surface area contributed by atoms with E-state index in [9.17, 15) is 4.79 Å². The highest BCUT2D eigenvalue weighted by atomic mass is 16.1. The van der Waals surface area contributed by atoms with E-state index >= 15 is 0 Å². The van der Waals surface area contributed by atoms with Crippen LogP contribution in [0.3, 0.4) is 0 Å². The molecule has 0 bridgehead atoms. The Morgan fingerprint density at radius 1 is 1.12 bits per heavy atom. The van der Waals surface area contributed by atoms with Gasteiger partial charge in [0.15, 0.2) is 0 Å². The molecule has 0 amide bonds. The van der Waals surface area contributed by atoms with Gasteiger partial charge in [-0.25, -0.2) is 0 Å². The molecule has 0 radical (unpaired) electrons. The standard InChI is InChI=1S/C21H26N2O/c1-20(2)16-11-10-15-18(14-8-6-5-7-9-14)23(4)22-19(15)21(16,3)13-12-17(20)24/h5-9,16H,10-13H2,1-4H3. The largest absolute Gasteiger partial charge is 0.299 e. The molecule has 0 saturated heterocycles. The fourth-order valence-electron chi connectivity index (χ4n) is 5.33. The molecule has 1 fully saturated rings. The first-order valence-corrected chi connectivity index (χ1v) is 9.01. The zero-order valence-electron chi connectivity index (χ0n) is 15.1. The normalized spacial score (nSPS) is 28.3. The van der Waals surface area contributed by atoms with E-state index in [4.69, 9.17) is 5.10 Å². The van der Waals surface area contributed by atoms with Crippen LogP contribution < -0.4 is 0 Å². The van der Waals surface area contributed by atoms with Gasteiger partial charge in [0.2, 0.25) is 0 Å². The number of Topliss-reactive ketones (excluding diaryl/α,β-unsaturated/α-hetero) is 1. The Balaban J connectivity index is 1.88. The van der Waals surface area contributed by atoms with E-state index in [1.54, 1.807) is 0 Å². The Hall–Kier alpha value is -1.90. The quantitative estimate of drug-likeness (QED) is 0.785. The summed E-state index contributed by atoms with van der Waals surface area (Å²) in [5.41, 5.74) is 4.89. The molecule has 126 valence electrons. The summed E-state index contributed by atoms with van der Waals surface area (Å²) in [5, 5.41) is 4.98. The highest BCUT2D eigenvalue weighted by Gasteiger charge is 2.55. The minimum Gasteiger partial charge on any atom is -0.299 e. The Bertz CT molecular complexity index is 803. The molecule has 2 aromatic rings. The molecular weight excluding hydrogens is 296 g/mol. The van der Waals surface area contributed by atoms with Crippen LogP contribution in [0.4, 0.5) is 0 Å². The van der Waals surface area contributed by atoms with E-state index in [0.29, 0.717) is 18.1 Å². The van der Waals surface area contributed by atoms with Crippen molar-refractivity contribution in [3.05, 3.63) is 41.6 Å². The minimum atomic E-state index is -0.241. The average molecular weight is 322 g/mol. The lowest BCUT2D eigenvalue weighted by atomic mass is 9.51. The Morgan fingerprint density at radius 3 is 2.54 bits per heavy atom. The Kier molecular flexibility index (Phi) is 3.28. The third kappa shape index (κ3) is 1.96. The summed E-state index contributed by atoms with van der Waals surface area (Å²) >= 11 is 0. The van der Waals surface area contributed by atoms with Crippen molar-refractivity contribution in [2.75, 3.05) is 0 Å². The minimum absolute atomic E-state index is 0.00971. The SMILES string of the molecule is Cn1nc2c(c1-c1ccccc1)CCC1C(C)(C)C(=O)CCC21C. The maximum atomic E-state index is 12.5. The number of ketones is 1. The van der Waals surface area contributed by atoms with Crippen LogP contribution in [0.15, 0.2) is 30.3 Å². The predicted octanol–water partition coefficient (Wildman–Crippen LogP) is 4.30. The van der Waals surface area contributed by atoms with Crippen molar-refractivity contribution in [2.24, 2.45) is 18.4 Å². The molecule has 1 heterocycles. The van der Waals surface area contributed by atoms with Crippen molar-refractivity contribution in [3.63, 3.8) is 0 Å². The molecule has 0 N–H and O–H groups in total. The molecule has 3 heteroatoms. The number of hydrogen-bond donors (Lipinski definition) is 0. The molecular formula is C21H26N2O. The van der Waals surface area contributed by atoms with Crippen LogP contribution in [0.25, 0.3) is 11.3 Å². The molecule has 1 aromatic heterocycles. The first kappa shape index (κ1) is 15.6. The second kappa shape index (κ2) is 5.05. The number of carbonyl (C=O) groups excluding carboxylic acids is 1. The number of fused-ring (bicyclic) bond motifs is 3. The van der Waals surface area contributed by atoms with Crippen LogP contribution in [-0.4, -0.2) is 15.6 Å². The number of carbonyl (C=O) groups is 1. The van der Waals surface area contributed by atoms with Gasteiger partial charge in [-0.15, -0.1) is 0 Å². The van der Waals surface area contributed by atoms with E-state index in [0.717, 1.165) is 19.3 Å². The van der Waals surface area contributed by atoms with Crippen LogP contribution in [0.5, 0.6) is 0 Å². The van der Waals surface area contributed by atoms with Crippen LogP contribution in [0, 0.1) is 11.3 Å². The smallest absolute Gasteiger partial charge is 0.138 e. The van der Waals surface area contributed by atoms with Gasteiger partial charge in [-0.05, 0) is 25.2 Å². The van der Waals surface area contributed by atoms with E-state index in [1.165, 1.54) is 22.5 Å². The molecule has 2 aliphatic rings. The van der Waals surface area contributed by atoms with E-state index in [2.05, 4.69) is 62.8 Å². The second-order valence-corrected chi connectivity index (χ2v) is 8.32. The summed E-state index contributed by atoms with van der Waals surface area (Å²) in [6.07, 6.45) is 3.70. The highest BCUT2D eigenvalue weighted by Crippen LogP contribution is 2.56. The lowest BCUT2D eigenvalue weighted by Crippen LogP contribution is -2.52. The zero-order chi connectivity index (χ0) is 17.1. The zero-order valence-corrected chi connectivity index (χ0v) is 15.1. The van der Waals surface area contributed by atoms with Crippen LogP contribution in [0.1, 0.15) is 51.3 Å². The number of hydrogen-bond acceptors (Lipinski definition) is 2. The van der Waals surface area contributed by atoms with Crippen molar-refractivity contribution in [1.82, 2.24) is 9.78 Å². The Morgan fingerprint density at radius 2 is 1.83 bits per heavy atom. The summed E-state index contributed by atoms with van der Waals surface area (Å²) < 4.78 is 2.05. The summed E-state index contributed by atoms with van der Waals surface area (Å²) in [4.78, 5) is 12.5. The highest BCUT2D eigenvalue weighted by molar-refractivity contribution is 5.86. The molecule has 2 unspecified atom stereocenters. The van der Waals surface area contributed by atoms with Crippen molar-refractivity contribution in [3.8, 4) is 11.3 Å². The number of rotatable bonds is 1. The second-order valence-electron chi connectivity index (χ2n) is 8.32. The molecule has 3 nitrogen and oxygen atoms in total. The van der Waals surface area contributed by atoms with Gasteiger partial charge in [-0.3, -0.25) is 9.48 Å². The van der Waals surface area contributed by atoms with Gasteiger partial charge in [0, 0.05) is 35.4 Å². The van der Waals surface area contributed by atoms with Crippen molar-refractivity contribution < 1.29 is 4.79 Å². The van der Waals surface area contributed by atoms with Gasteiger partial charge in [0.05, 0.1) is 11.4 Å². The fourth-order valence-corrected chi connectivity index (χ4v) is 5.33. The lowest BCUT2D eigenvalue weighted by Gasteiger charge is -2.51. The van der Waals surface area contributed by atoms with Crippen LogP contribution in [-0.2, 0) is 23.7 Å². The molecule has 0 spiro atoms. The third-order valence-corrected chi connectivity index (χ3v) is 6.65. The van der Waals surface area contributed by atoms with Crippen molar-refractivity contribution >= 4 is 5.78 Å². The maximum Gasteiger partial charge on any atom is 0.138 e. The summed E-state index contributed by atoms with van der Waals surface area (Å²) in [6, 6.07) is 10.6. The van der Waals surface area contributed by atoms with Gasteiger partial charge in [0.1, 0.15) is 5.78 Å². The van der Waals surface area contributed by atoms with Gasteiger partial charge in [-0.1, -0.05) is 51.1 Å². The van der Waals surface area contributed by atoms with E-state index in [-0.39, 0.29) is 10.8 Å². The Labute approximate surface area is 144 Å². The van der Waals surface area contributed by atoms with E-state index in [1.807, 2.05) is 0 Å². The van der Waals surface area contributed by atoms with Gasteiger partial charge >= 0.3 is 0 Å². The van der Waals surface area contributed by atoms with Crippen molar-refractivity contribution in [1.29, 1.82) is 0 Å². The van der Waals surface area contributed by atoms with Crippen LogP contribution >= 0.6 is 0 Å². The maximum absolute atomic E-state index is 12.5. The van der Waals surface area contributed by atoms with Gasteiger partial charge < -0.3 is 0 Å². The topological polar surface area (TPSA) is 34.9 Å². The number of benzene rings is 1. The van der Waals surface area contributed by atoms with Crippen molar-refractivity contribution in [2.45, 2.75) is 51.9 Å². The molecule has 2 aliphatic carbocycles. The summed E-state index contributed by atoms with van der Waals surface area (Å²) in [5.74, 6) is 0.810. The summed E-state index contributed by atoms with van der Waals surface area (Å²) in [6.45, 7) is 6.62. The molecule has 24 heavy (non-hydrogen) atoms. The molecule has 1 aromatic carbocycles. The average Bonchev–Trinajstić information content (AvgIpc) is 2.90.